The van der Waals surface area contributed by atoms with Crippen molar-refractivity contribution >= 4 is 18.3 Å². The molecule has 1 heterocycles. The van der Waals surface area contributed by atoms with Crippen molar-refractivity contribution in [1.29, 1.82) is 0 Å². The van der Waals surface area contributed by atoms with Gasteiger partial charge in [-0.05, 0) is 49.5 Å². The topological polar surface area (TPSA) is 67.6 Å². The Bertz CT molecular complexity index is 501. The van der Waals surface area contributed by atoms with Crippen molar-refractivity contribution < 1.29 is 9.53 Å². The van der Waals surface area contributed by atoms with E-state index in [-0.39, 0.29) is 30.3 Å². The number of halogens is 1. The number of hydrogen-bond donors (Lipinski definition) is 2. The van der Waals surface area contributed by atoms with Crippen LogP contribution in [0.4, 0.5) is 0 Å². The Morgan fingerprint density at radius 1 is 1.25 bits per heavy atom. The minimum absolute atomic E-state index is 0. The summed E-state index contributed by atoms with van der Waals surface area (Å²) in [7, 11) is 1.67. The van der Waals surface area contributed by atoms with E-state index < -0.39 is 6.04 Å². The Labute approximate surface area is 151 Å². The summed E-state index contributed by atoms with van der Waals surface area (Å²) in [6.45, 7) is 6.66. The fraction of sp³-hybridized carbons (Fsp3) is 0.611. The van der Waals surface area contributed by atoms with Crippen LogP contribution in [-0.4, -0.2) is 43.6 Å². The molecule has 0 aliphatic carbocycles. The second kappa shape index (κ2) is 9.87. The zero-order chi connectivity index (χ0) is 16.8. The van der Waals surface area contributed by atoms with E-state index in [1.54, 1.807) is 7.11 Å². The third kappa shape index (κ3) is 5.36. The molecular weight excluding hydrogens is 326 g/mol. The molecule has 2 rings (SSSR count). The van der Waals surface area contributed by atoms with Crippen LogP contribution >= 0.6 is 12.4 Å². The lowest BCUT2D eigenvalue weighted by atomic mass is 10.0. The molecule has 1 unspecified atom stereocenters. The monoisotopic (exact) mass is 355 g/mol. The third-order valence-electron chi connectivity index (χ3n) is 4.57. The Balaban J connectivity index is 0.00000288. The molecule has 1 aliphatic heterocycles. The Kier molecular flexibility index (Phi) is 8.53. The van der Waals surface area contributed by atoms with Crippen LogP contribution in [0.15, 0.2) is 24.3 Å². The molecule has 1 aliphatic rings. The first-order chi connectivity index (χ1) is 11.0. The summed E-state index contributed by atoms with van der Waals surface area (Å²) in [5.74, 6) is 0.915. The molecule has 0 spiro atoms. The van der Waals surface area contributed by atoms with Crippen molar-refractivity contribution in [2.45, 2.75) is 38.8 Å². The van der Waals surface area contributed by atoms with Gasteiger partial charge in [-0.3, -0.25) is 9.69 Å². The maximum Gasteiger partial charge on any atom is 0.237 e. The summed E-state index contributed by atoms with van der Waals surface area (Å²) >= 11 is 0. The maximum atomic E-state index is 12.2. The lowest BCUT2D eigenvalue weighted by Crippen LogP contribution is -2.46. The highest BCUT2D eigenvalue weighted by molar-refractivity contribution is 5.85. The number of likely N-dealkylation sites (tertiary alicyclic amines) is 1. The molecule has 5 nitrogen and oxygen atoms in total. The number of carbonyl (C=O) groups is 1. The fourth-order valence-corrected chi connectivity index (χ4v) is 2.95. The van der Waals surface area contributed by atoms with E-state index in [1.165, 1.54) is 18.4 Å². The molecular formula is C18H30ClN3O2. The van der Waals surface area contributed by atoms with Gasteiger partial charge in [0.05, 0.1) is 19.2 Å². The van der Waals surface area contributed by atoms with E-state index in [2.05, 4.69) is 22.3 Å². The summed E-state index contributed by atoms with van der Waals surface area (Å²) < 4.78 is 5.23. The summed E-state index contributed by atoms with van der Waals surface area (Å²) in [6.07, 6.45) is 2.43. The van der Waals surface area contributed by atoms with Gasteiger partial charge in [-0.15, -0.1) is 12.4 Å². The molecule has 1 fully saturated rings. The number of amides is 1. The first kappa shape index (κ1) is 20.7. The van der Waals surface area contributed by atoms with Gasteiger partial charge in [0, 0.05) is 6.54 Å². The van der Waals surface area contributed by atoms with Crippen molar-refractivity contribution in [3.8, 4) is 5.75 Å². The molecule has 0 radical (unpaired) electrons. The summed E-state index contributed by atoms with van der Waals surface area (Å²) in [6, 6.07) is 7.84. The molecule has 1 aromatic carbocycles. The van der Waals surface area contributed by atoms with E-state index in [0.717, 1.165) is 18.8 Å². The normalized spacial score (nSPS) is 17.2. The summed E-state index contributed by atoms with van der Waals surface area (Å²) in [5, 5.41) is 3.03. The fourth-order valence-electron chi connectivity index (χ4n) is 2.95. The van der Waals surface area contributed by atoms with E-state index in [4.69, 9.17) is 10.5 Å². The quantitative estimate of drug-likeness (QED) is 0.787. The van der Waals surface area contributed by atoms with Gasteiger partial charge in [-0.2, -0.15) is 0 Å². The Morgan fingerprint density at radius 2 is 1.83 bits per heavy atom. The smallest absolute Gasteiger partial charge is 0.237 e. The molecule has 1 aromatic rings. The number of nitrogens with two attached hydrogens (primary N) is 1. The Morgan fingerprint density at radius 3 is 2.33 bits per heavy atom. The standard InChI is InChI=1S/C18H29N3O2.ClH/c1-13(2)17(19)18(22)20-12-16(21-10-4-5-11-21)14-6-8-15(23-3)9-7-14;/h6-9,13,16-17H,4-5,10-12,19H2,1-3H3,(H,20,22);1H/t16?,17-;/m0./s1. The zero-order valence-electron chi connectivity index (χ0n) is 14.8. The molecule has 1 amide bonds. The highest BCUT2D eigenvalue weighted by Gasteiger charge is 2.25. The van der Waals surface area contributed by atoms with Crippen LogP contribution in [-0.2, 0) is 4.79 Å². The average Bonchev–Trinajstić information content (AvgIpc) is 3.08. The van der Waals surface area contributed by atoms with E-state index in [1.807, 2.05) is 26.0 Å². The van der Waals surface area contributed by atoms with Crippen LogP contribution in [0.2, 0.25) is 0 Å². The molecule has 2 atom stereocenters. The molecule has 1 saturated heterocycles. The molecule has 0 saturated carbocycles. The highest BCUT2D eigenvalue weighted by atomic mass is 35.5. The molecule has 0 aromatic heterocycles. The summed E-state index contributed by atoms with van der Waals surface area (Å²) in [5.41, 5.74) is 7.13. The molecule has 24 heavy (non-hydrogen) atoms. The lowest BCUT2D eigenvalue weighted by Gasteiger charge is -2.29. The number of nitrogens with zero attached hydrogens (tertiary/aromatic N) is 1. The van der Waals surface area contributed by atoms with Crippen molar-refractivity contribution in [2.24, 2.45) is 11.7 Å². The van der Waals surface area contributed by atoms with Crippen LogP contribution in [0.5, 0.6) is 5.75 Å². The minimum Gasteiger partial charge on any atom is -0.497 e. The zero-order valence-corrected chi connectivity index (χ0v) is 15.6. The molecule has 136 valence electrons. The van der Waals surface area contributed by atoms with Crippen LogP contribution in [0.1, 0.15) is 38.3 Å². The number of benzene rings is 1. The van der Waals surface area contributed by atoms with Gasteiger partial charge in [0.15, 0.2) is 0 Å². The Hall–Kier alpha value is -1.30. The van der Waals surface area contributed by atoms with Gasteiger partial charge in [0.25, 0.3) is 0 Å². The second-order valence-electron chi connectivity index (χ2n) is 6.55. The van der Waals surface area contributed by atoms with Crippen LogP contribution in [0, 0.1) is 5.92 Å². The van der Waals surface area contributed by atoms with Crippen LogP contribution < -0.4 is 15.8 Å². The first-order valence-corrected chi connectivity index (χ1v) is 8.44. The second-order valence-corrected chi connectivity index (χ2v) is 6.55. The van der Waals surface area contributed by atoms with Crippen LogP contribution in [0.3, 0.4) is 0 Å². The van der Waals surface area contributed by atoms with E-state index in [0.29, 0.717) is 6.54 Å². The minimum atomic E-state index is -0.454. The largest absolute Gasteiger partial charge is 0.497 e. The average molecular weight is 356 g/mol. The van der Waals surface area contributed by atoms with Crippen molar-refractivity contribution in [1.82, 2.24) is 10.2 Å². The predicted molar refractivity (Wildman–Crippen MR) is 99.6 cm³/mol. The number of carbonyl (C=O) groups excluding carboxylic acids is 1. The van der Waals surface area contributed by atoms with Gasteiger partial charge in [0.1, 0.15) is 5.75 Å². The van der Waals surface area contributed by atoms with Gasteiger partial charge < -0.3 is 15.8 Å². The number of nitrogens with one attached hydrogen (secondary N) is 1. The number of rotatable bonds is 7. The first-order valence-electron chi connectivity index (χ1n) is 8.44. The predicted octanol–water partition coefficient (Wildman–Crippen LogP) is 2.35. The van der Waals surface area contributed by atoms with E-state index >= 15 is 0 Å². The van der Waals surface area contributed by atoms with Crippen LogP contribution in [0.25, 0.3) is 0 Å². The van der Waals surface area contributed by atoms with Gasteiger partial charge >= 0.3 is 0 Å². The van der Waals surface area contributed by atoms with Gasteiger partial charge in [-0.25, -0.2) is 0 Å². The maximum absolute atomic E-state index is 12.2. The van der Waals surface area contributed by atoms with Crippen molar-refractivity contribution in [3.05, 3.63) is 29.8 Å². The molecule has 6 heteroatoms. The molecule has 3 N–H and O–H groups in total. The van der Waals surface area contributed by atoms with E-state index in [9.17, 15) is 4.79 Å². The number of hydrogen-bond acceptors (Lipinski definition) is 4. The highest BCUT2D eigenvalue weighted by Crippen LogP contribution is 2.26. The van der Waals surface area contributed by atoms with Gasteiger partial charge in [-0.1, -0.05) is 26.0 Å². The number of methoxy groups -OCH3 is 1. The SMILES string of the molecule is COc1ccc(C(CNC(=O)[C@@H](N)C(C)C)N2CCCC2)cc1.Cl. The summed E-state index contributed by atoms with van der Waals surface area (Å²) in [4.78, 5) is 14.6. The van der Waals surface area contributed by atoms with Crippen molar-refractivity contribution in [3.63, 3.8) is 0 Å². The molecule has 0 bridgehead atoms. The number of ether oxygens (including phenoxy) is 1. The third-order valence-corrected chi connectivity index (χ3v) is 4.57. The van der Waals surface area contributed by atoms with Crippen molar-refractivity contribution in [2.75, 3.05) is 26.7 Å². The van der Waals surface area contributed by atoms with Gasteiger partial charge in [0.2, 0.25) is 5.91 Å². The lowest BCUT2D eigenvalue weighted by molar-refractivity contribution is -0.123.